The Morgan fingerprint density at radius 1 is 1.00 bits per heavy atom. The van der Waals surface area contributed by atoms with Crippen molar-refractivity contribution < 1.29 is 42.9 Å². The van der Waals surface area contributed by atoms with Crippen LogP contribution in [-0.2, 0) is 48.6 Å². The molecule has 3 heterocycles. The lowest BCUT2D eigenvalue weighted by molar-refractivity contribution is -0.200. The van der Waals surface area contributed by atoms with Gasteiger partial charge in [0.25, 0.3) is 0 Å². The molecular formula is C19H23N5O9. The number of rotatable bonds is 7. The fraction of sp³-hybridized carbons (Fsp3) is 0.526. The second-order valence-electron chi connectivity index (χ2n) is 7.23. The average Bonchev–Trinajstić information content (AvgIpc) is 3.26. The average molecular weight is 465 g/mol. The number of nitrogens with zero attached hydrogens (tertiary/aromatic N) is 4. The Morgan fingerprint density at radius 3 is 2.27 bits per heavy atom. The van der Waals surface area contributed by atoms with Crippen molar-refractivity contribution in [1.29, 1.82) is 0 Å². The van der Waals surface area contributed by atoms with E-state index in [1.54, 1.807) is 0 Å². The molecule has 33 heavy (non-hydrogen) atoms. The Kier molecular flexibility index (Phi) is 6.76. The van der Waals surface area contributed by atoms with Gasteiger partial charge < -0.3 is 29.4 Å². The molecule has 0 aliphatic carbocycles. The van der Waals surface area contributed by atoms with E-state index in [2.05, 4.69) is 15.0 Å². The monoisotopic (exact) mass is 465 g/mol. The molecule has 0 aromatic carbocycles. The molecule has 2 N–H and O–H groups in total. The van der Waals surface area contributed by atoms with Crippen LogP contribution in [0.15, 0.2) is 12.7 Å². The van der Waals surface area contributed by atoms with Gasteiger partial charge in [-0.1, -0.05) is 0 Å². The first kappa shape index (κ1) is 23.8. The highest BCUT2D eigenvalue weighted by molar-refractivity contribution is 5.81. The van der Waals surface area contributed by atoms with Crippen molar-refractivity contribution in [3.8, 4) is 0 Å². The normalized spacial score (nSPS) is 24.3. The zero-order valence-corrected chi connectivity index (χ0v) is 18.3. The van der Waals surface area contributed by atoms with E-state index in [0.717, 1.165) is 13.8 Å². The third-order valence-corrected chi connectivity index (χ3v) is 4.76. The van der Waals surface area contributed by atoms with Crippen LogP contribution < -0.4 is 5.73 Å². The summed E-state index contributed by atoms with van der Waals surface area (Å²) in [5.41, 5.74) is 4.45. The second-order valence-corrected chi connectivity index (χ2v) is 7.23. The van der Waals surface area contributed by atoms with Gasteiger partial charge in [-0.25, -0.2) is 15.0 Å². The van der Waals surface area contributed by atoms with Gasteiger partial charge in [-0.2, -0.15) is 0 Å². The molecule has 1 aliphatic rings. The van der Waals surface area contributed by atoms with Crippen LogP contribution in [0.2, 0.25) is 0 Å². The number of ether oxygens (including phenoxy) is 5. The first-order valence-electron chi connectivity index (χ1n) is 9.78. The van der Waals surface area contributed by atoms with E-state index in [0.29, 0.717) is 0 Å². The quantitative estimate of drug-likeness (QED) is 0.406. The number of hydrogen-bond acceptors (Lipinski definition) is 13. The maximum absolute atomic E-state index is 12.0. The summed E-state index contributed by atoms with van der Waals surface area (Å²) in [6.07, 6.45) is -1.22. The van der Waals surface area contributed by atoms with Gasteiger partial charge in [0.15, 0.2) is 23.7 Å². The van der Waals surface area contributed by atoms with Crippen LogP contribution in [0.25, 0.3) is 11.2 Å². The fourth-order valence-corrected chi connectivity index (χ4v) is 3.56. The molecule has 0 spiro atoms. The molecule has 2 aromatic rings. The summed E-state index contributed by atoms with van der Waals surface area (Å²) in [6, 6.07) is 0. The fourth-order valence-electron chi connectivity index (χ4n) is 3.56. The molecule has 14 nitrogen and oxygen atoms in total. The predicted molar refractivity (Wildman–Crippen MR) is 107 cm³/mol. The molecule has 2 aromatic heterocycles. The van der Waals surface area contributed by atoms with Crippen molar-refractivity contribution >= 4 is 40.9 Å². The Hall–Kier alpha value is -3.81. The molecule has 0 bridgehead atoms. The number of aromatic nitrogens is 4. The first-order chi connectivity index (χ1) is 15.5. The molecule has 1 aliphatic heterocycles. The van der Waals surface area contributed by atoms with Crippen LogP contribution >= 0.6 is 0 Å². The number of hydrogen-bond donors (Lipinski definition) is 1. The van der Waals surface area contributed by atoms with Crippen LogP contribution in [0.3, 0.4) is 0 Å². The SMILES string of the molecule is CC(=O)OC[C@H]1O[C@@](COC(C)=O)(n2cnc3c(N)ncnc32)[C@H](OC(C)=O)[C@@H]1OC(C)=O. The lowest BCUT2D eigenvalue weighted by atomic mass is 10.0. The summed E-state index contributed by atoms with van der Waals surface area (Å²) >= 11 is 0. The van der Waals surface area contributed by atoms with Crippen LogP contribution in [0.5, 0.6) is 0 Å². The molecule has 0 unspecified atom stereocenters. The number of fused-ring (bicyclic) bond motifs is 1. The van der Waals surface area contributed by atoms with E-state index in [1.807, 2.05) is 0 Å². The number of esters is 4. The molecule has 0 saturated carbocycles. The highest BCUT2D eigenvalue weighted by atomic mass is 16.7. The van der Waals surface area contributed by atoms with Crippen LogP contribution in [-0.4, -0.2) is 74.9 Å². The standard InChI is InChI=1S/C19H23N5O9/c1-9(25)29-5-13-15(31-11(3)27)16(32-12(4)28)19(33-13,6-30-10(2)26)24-8-23-14-17(20)21-7-22-18(14)24/h7-8,13,15-16H,5-6H2,1-4H3,(H2,20,21,22)/t13-,15-,16-,19-/m1/s1. The number of anilines is 1. The Bertz CT molecular complexity index is 1090. The zero-order valence-electron chi connectivity index (χ0n) is 18.3. The van der Waals surface area contributed by atoms with E-state index >= 15 is 0 Å². The number of carbonyl (C=O) groups excluding carboxylic acids is 4. The molecule has 1 fully saturated rings. The lowest BCUT2D eigenvalue weighted by Gasteiger charge is -2.34. The molecule has 0 amide bonds. The molecule has 1 saturated heterocycles. The van der Waals surface area contributed by atoms with Crippen LogP contribution in [0.1, 0.15) is 27.7 Å². The summed E-state index contributed by atoms with van der Waals surface area (Å²) in [7, 11) is 0. The summed E-state index contributed by atoms with van der Waals surface area (Å²) in [5.74, 6) is -2.66. The van der Waals surface area contributed by atoms with Gasteiger partial charge in [0, 0.05) is 27.7 Å². The van der Waals surface area contributed by atoms with Crippen molar-refractivity contribution in [2.75, 3.05) is 18.9 Å². The van der Waals surface area contributed by atoms with Gasteiger partial charge >= 0.3 is 23.9 Å². The van der Waals surface area contributed by atoms with Gasteiger partial charge in [0.05, 0.1) is 6.33 Å². The maximum Gasteiger partial charge on any atom is 0.303 e. The number of nitrogens with two attached hydrogens (primary N) is 1. The molecule has 3 rings (SSSR count). The van der Waals surface area contributed by atoms with Crippen LogP contribution in [0, 0.1) is 0 Å². The lowest BCUT2D eigenvalue weighted by Crippen LogP contribution is -2.52. The highest BCUT2D eigenvalue weighted by Crippen LogP contribution is 2.41. The molecule has 178 valence electrons. The Labute approximate surface area is 187 Å². The third-order valence-electron chi connectivity index (χ3n) is 4.76. The summed E-state index contributed by atoms with van der Waals surface area (Å²) in [4.78, 5) is 59.3. The minimum Gasteiger partial charge on any atom is -0.463 e. The molecule has 4 atom stereocenters. The third kappa shape index (κ3) is 4.84. The summed E-state index contributed by atoms with van der Waals surface area (Å²) < 4.78 is 28.8. The van der Waals surface area contributed by atoms with Gasteiger partial charge in [0.2, 0.25) is 5.72 Å². The van der Waals surface area contributed by atoms with Crippen molar-refractivity contribution in [3.63, 3.8) is 0 Å². The minimum absolute atomic E-state index is 0.0661. The van der Waals surface area contributed by atoms with E-state index in [1.165, 1.54) is 31.1 Å². The smallest absolute Gasteiger partial charge is 0.303 e. The molecular weight excluding hydrogens is 442 g/mol. The van der Waals surface area contributed by atoms with Crippen LogP contribution in [0.4, 0.5) is 5.82 Å². The predicted octanol–water partition coefficient (Wildman–Crippen LogP) is -0.550. The Morgan fingerprint density at radius 2 is 1.67 bits per heavy atom. The van der Waals surface area contributed by atoms with Crippen molar-refractivity contribution in [1.82, 2.24) is 19.5 Å². The first-order valence-corrected chi connectivity index (χ1v) is 9.78. The number of imidazole rings is 1. The maximum atomic E-state index is 12.0. The topological polar surface area (TPSA) is 184 Å². The minimum atomic E-state index is -1.81. The highest BCUT2D eigenvalue weighted by Gasteiger charge is 2.62. The second kappa shape index (κ2) is 9.36. The molecule has 0 radical (unpaired) electrons. The summed E-state index contributed by atoms with van der Waals surface area (Å²) in [5, 5.41) is 0. The summed E-state index contributed by atoms with van der Waals surface area (Å²) in [6.45, 7) is 3.82. The van der Waals surface area contributed by atoms with Crippen molar-refractivity contribution in [3.05, 3.63) is 12.7 Å². The zero-order chi connectivity index (χ0) is 24.3. The van der Waals surface area contributed by atoms with E-state index in [9.17, 15) is 19.2 Å². The molecule has 14 heteroatoms. The van der Waals surface area contributed by atoms with Gasteiger partial charge in [-0.3, -0.25) is 23.7 Å². The van der Waals surface area contributed by atoms with Crippen molar-refractivity contribution in [2.24, 2.45) is 0 Å². The number of carbonyl (C=O) groups is 4. The van der Waals surface area contributed by atoms with E-state index in [-0.39, 0.29) is 23.6 Å². The van der Waals surface area contributed by atoms with Crippen molar-refractivity contribution in [2.45, 2.75) is 51.7 Å². The van der Waals surface area contributed by atoms with E-state index < -0.39 is 54.5 Å². The van der Waals surface area contributed by atoms with E-state index in [4.69, 9.17) is 29.4 Å². The largest absolute Gasteiger partial charge is 0.463 e. The number of nitrogen functional groups attached to an aromatic ring is 1. The van der Waals surface area contributed by atoms with Gasteiger partial charge in [-0.15, -0.1) is 0 Å². The van der Waals surface area contributed by atoms with Gasteiger partial charge in [-0.05, 0) is 0 Å². The van der Waals surface area contributed by atoms with Gasteiger partial charge in [0.1, 0.15) is 31.2 Å². The Balaban J connectivity index is 2.21.